The van der Waals surface area contributed by atoms with Crippen molar-refractivity contribution in [1.82, 2.24) is 0 Å². The summed E-state index contributed by atoms with van der Waals surface area (Å²) in [6, 6.07) is 0. The summed E-state index contributed by atoms with van der Waals surface area (Å²) in [7, 11) is 0. The van der Waals surface area contributed by atoms with Crippen molar-refractivity contribution < 1.29 is 17.6 Å². The Hall–Kier alpha value is -0.280. The number of hydrogen-bond donors (Lipinski definition) is 0. The number of alkyl halides is 4. The fourth-order valence-electron chi connectivity index (χ4n) is 0.633. The minimum atomic E-state index is -3.81. The average Bonchev–Trinajstić information content (AvgIpc) is 1.60. The SMILES string of the molecule is CC(C)CC(F)(F)C(F)F. The Morgan fingerprint density at radius 3 is 1.70 bits per heavy atom. The highest BCUT2D eigenvalue weighted by Crippen LogP contribution is 2.29. The lowest BCUT2D eigenvalue weighted by Crippen LogP contribution is -2.28. The molecule has 0 bridgehead atoms. The summed E-state index contributed by atoms with van der Waals surface area (Å²) < 4.78 is 46.9. The van der Waals surface area contributed by atoms with Crippen LogP contribution in [0.25, 0.3) is 0 Å². The van der Waals surface area contributed by atoms with E-state index in [1.54, 1.807) is 0 Å². The summed E-state index contributed by atoms with van der Waals surface area (Å²) in [6.45, 7) is 2.96. The van der Waals surface area contributed by atoms with E-state index < -0.39 is 24.7 Å². The number of halogens is 4. The van der Waals surface area contributed by atoms with Gasteiger partial charge in [-0.1, -0.05) is 13.8 Å². The van der Waals surface area contributed by atoms with Crippen LogP contribution in [0.1, 0.15) is 20.3 Å². The maximum Gasteiger partial charge on any atom is 0.307 e. The van der Waals surface area contributed by atoms with Gasteiger partial charge in [0.05, 0.1) is 0 Å². The Bertz CT molecular complexity index is 97.9. The van der Waals surface area contributed by atoms with Crippen LogP contribution in [0.3, 0.4) is 0 Å². The highest BCUT2D eigenvalue weighted by Gasteiger charge is 2.40. The second kappa shape index (κ2) is 3.21. The van der Waals surface area contributed by atoms with Gasteiger partial charge < -0.3 is 0 Å². The van der Waals surface area contributed by atoms with Gasteiger partial charge in [0.25, 0.3) is 0 Å². The lowest BCUT2D eigenvalue weighted by molar-refractivity contribution is -0.138. The maximum atomic E-state index is 12.0. The van der Waals surface area contributed by atoms with Crippen LogP contribution >= 0.6 is 0 Å². The molecule has 0 aromatic heterocycles. The fraction of sp³-hybridized carbons (Fsp3) is 1.00. The monoisotopic (exact) mass is 158 g/mol. The van der Waals surface area contributed by atoms with Crippen molar-refractivity contribution in [3.05, 3.63) is 0 Å². The van der Waals surface area contributed by atoms with Gasteiger partial charge in [-0.2, -0.15) is 0 Å². The Balaban J connectivity index is 3.87. The average molecular weight is 158 g/mol. The Kier molecular flexibility index (Phi) is 3.12. The molecule has 4 heteroatoms. The van der Waals surface area contributed by atoms with E-state index in [2.05, 4.69) is 0 Å². The van der Waals surface area contributed by atoms with Crippen LogP contribution in [-0.2, 0) is 0 Å². The third-order valence-electron chi connectivity index (χ3n) is 1.000. The van der Waals surface area contributed by atoms with Crippen LogP contribution in [0.4, 0.5) is 17.6 Å². The normalized spacial score (nSPS) is 13.2. The second-order valence-corrected chi connectivity index (χ2v) is 2.66. The van der Waals surface area contributed by atoms with E-state index >= 15 is 0 Å². The van der Waals surface area contributed by atoms with Gasteiger partial charge in [-0.05, 0) is 5.92 Å². The van der Waals surface area contributed by atoms with Gasteiger partial charge in [0.1, 0.15) is 0 Å². The van der Waals surface area contributed by atoms with Crippen molar-refractivity contribution in [3.63, 3.8) is 0 Å². The molecule has 0 aromatic carbocycles. The molecule has 0 aromatic rings. The summed E-state index contributed by atoms with van der Waals surface area (Å²) in [6.07, 6.45) is -4.28. The molecule has 0 aliphatic rings. The van der Waals surface area contributed by atoms with Crippen LogP contribution < -0.4 is 0 Å². The summed E-state index contributed by atoms with van der Waals surface area (Å²) in [5.74, 6) is -4.21. The number of rotatable bonds is 3. The fourth-order valence-corrected chi connectivity index (χ4v) is 0.633. The molecule has 0 heterocycles. The van der Waals surface area contributed by atoms with E-state index in [1.165, 1.54) is 13.8 Å². The van der Waals surface area contributed by atoms with Crippen molar-refractivity contribution >= 4 is 0 Å². The molecule has 62 valence electrons. The van der Waals surface area contributed by atoms with Crippen LogP contribution in [0.5, 0.6) is 0 Å². The molecule has 0 nitrogen and oxygen atoms in total. The van der Waals surface area contributed by atoms with Gasteiger partial charge in [-0.3, -0.25) is 0 Å². The van der Waals surface area contributed by atoms with Crippen LogP contribution in [-0.4, -0.2) is 12.3 Å². The standard InChI is InChI=1S/C6H10F4/c1-4(2)3-6(9,10)5(7)8/h4-5H,3H2,1-2H3. The first-order valence-corrected chi connectivity index (χ1v) is 3.02. The third kappa shape index (κ3) is 3.03. The van der Waals surface area contributed by atoms with Crippen LogP contribution in [0.15, 0.2) is 0 Å². The van der Waals surface area contributed by atoms with E-state index in [9.17, 15) is 17.6 Å². The van der Waals surface area contributed by atoms with E-state index in [0.29, 0.717) is 0 Å². The van der Waals surface area contributed by atoms with Crippen LogP contribution in [0.2, 0.25) is 0 Å². The molecule has 0 N–H and O–H groups in total. The first-order valence-electron chi connectivity index (χ1n) is 3.02. The highest BCUT2D eigenvalue weighted by molar-refractivity contribution is 4.70. The van der Waals surface area contributed by atoms with Crippen molar-refractivity contribution in [1.29, 1.82) is 0 Å². The minimum Gasteiger partial charge on any atom is -0.204 e. The van der Waals surface area contributed by atoms with Crippen LogP contribution in [0, 0.1) is 5.92 Å². The Morgan fingerprint density at radius 2 is 1.60 bits per heavy atom. The van der Waals surface area contributed by atoms with Gasteiger partial charge in [-0.15, -0.1) is 0 Å². The van der Waals surface area contributed by atoms with Crippen molar-refractivity contribution in [2.45, 2.75) is 32.6 Å². The maximum absolute atomic E-state index is 12.0. The second-order valence-electron chi connectivity index (χ2n) is 2.66. The number of hydrogen-bond acceptors (Lipinski definition) is 0. The van der Waals surface area contributed by atoms with Gasteiger partial charge in [-0.25, -0.2) is 17.6 Å². The summed E-state index contributed by atoms with van der Waals surface area (Å²) in [4.78, 5) is 0. The largest absolute Gasteiger partial charge is 0.307 e. The predicted octanol–water partition coefficient (Wildman–Crippen LogP) is 2.93. The summed E-state index contributed by atoms with van der Waals surface area (Å²) in [5, 5.41) is 0. The molecular weight excluding hydrogens is 148 g/mol. The molecule has 0 unspecified atom stereocenters. The van der Waals surface area contributed by atoms with Crippen molar-refractivity contribution in [2.24, 2.45) is 5.92 Å². The molecule has 0 spiro atoms. The summed E-state index contributed by atoms with van der Waals surface area (Å²) >= 11 is 0. The van der Waals surface area contributed by atoms with E-state index in [-0.39, 0.29) is 0 Å². The molecule has 0 aliphatic heterocycles. The van der Waals surface area contributed by atoms with E-state index in [4.69, 9.17) is 0 Å². The predicted molar refractivity (Wildman–Crippen MR) is 30.4 cm³/mol. The molecule has 0 saturated heterocycles. The molecule has 0 amide bonds. The van der Waals surface area contributed by atoms with Gasteiger partial charge in [0.15, 0.2) is 0 Å². The molecular formula is C6H10F4. The molecule has 0 atom stereocenters. The molecule has 0 fully saturated rings. The van der Waals surface area contributed by atoms with Crippen molar-refractivity contribution in [2.75, 3.05) is 0 Å². The zero-order valence-corrected chi connectivity index (χ0v) is 5.87. The van der Waals surface area contributed by atoms with Gasteiger partial charge in [0, 0.05) is 6.42 Å². The minimum absolute atomic E-state index is 0.399. The Labute approximate surface area is 57.2 Å². The summed E-state index contributed by atoms with van der Waals surface area (Å²) in [5.41, 5.74) is 0. The highest BCUT2D eigenvalue weighted by atomic mass is 19.3. The quantitative estimate of drug-likeness (QED) is 0.554. The van der Waals surface area contributed by atoms with Gasteiger partial charge >= 0.3 is 12.3 Å². The zero-order chi connectivity index (χ0) is 8.36. The Morgan fingerprint density at radius 1 is 1.20 bits per heavy atom. The smallest absolute Gasteiger partial charge is 0.204 e. The zero-order valence-electron chi connectivity index (χ0n) is 5.87. The van der Waals surface area contributed by atoms with Crippen molar-refractivity contribution in [3.8, 4) is 0 Å². The lowest BCUT2D eigenvalue weighted by atomic mass is 10.1. The first kappa shape index (κ1) is 9.72. The topological polar surface area (TPSA) is 0 Å². The lowest BCUT2D eigenvalue weighted by Gasteiger charge is -2.16. The van der Waals surface area contributed by atoms with Gasteiger partial charge in [0.2, 0.25) is 0 Å². The molecule has 0 rings (SSSR count). The first-order chi connectivity index (χ1) is 4.36. The molecule has 0 aliphatic carbocycles. The van der Waals surface area contributed by atoms with E-state index in [1.807, 2.05) is 0 Å². The van der Waals surface area contributed by atoms with E-state index in [0.717, 1.165) is 0 Å². The third-order valence-corrected chi connectivity index (χ3v) is 1.000. The molecule has 10 heavy (non-hydrogen) atoms. The molecule has 0 saturated carbocycles. The molecule has 0 radical (unpaired) electrons.